The second-order valence-corrected chi connectivity index (χ2v) is 7.44. The van der Waals surface area contributed by atoms with Crippen LogP contribution < -0.4 is 15.2 Å². The van der Waals surface area contributed by atoms with E-state index in [0.717, 1.165) is 30.3 Å². The lowest BCUT2D eigenvalue weighted by Crippen LogP contribution is -2.34. The van der Waals surface area contributed by atoms with Gasteiger partial charge in [-0.1, -0.05) is 6.07 Å². The average Bonchev–Trinajstić information content (AvgIpc) is 2.65. The van der Waals surface area contributed by atoms with E-state index in [0.29, 0.717) is 5.56 Å². The lowest BCUT2D eigenvalue weighted by atomic mass is 10.1. The number of imide groups is 1. The molecule has 0 radical (unpaired) electrons. The van der Waals surface area contributed by atoms with E-state index in [1.165, 1.54) is 19.1 Å². The summed E-state index contributed by atoms with van der Waals surface area (Å²) in [5.41, 5.74) is 0.248. The fourth-order valence-electron chi connectivity index (χ4n) is 2.23. The summed E-state index contributed by atoms with van der Waals surface area (Å²) in [6.07, 6.45) is 0. The van der Waals surface area contributed by atoms with E-state index >= 15 is 0 Å². The normalized spacial score (nSPS) is 11.1. The van der Waals surface area contributed by atoms with Crippen LogP contribution in [0.15, 0.2) is 47.4 Å². The van der Waals surface area contributed by atoms with Gasteiger partial charge in [0.15, 0.2) is 6.61 Å². The van der Waals surface area contributed by atoms with Gasteiger partial charge in [0.25, 0.3) is 11.8 Å². The van der Waals surface area contributed by atoms with Crippen LogP contribution >= 0.6 is 0 Å². The molecule has 12 heteroatoms. The Balaban J connectivity index is 1.96. The van der Waals surface area contributed by atoms with Crippen molar-refractivity contribution < 1.29 is 41.1 Å². The third kappa shape index (κ3) is 6.32. The smallest absolute Gasteiger partial charge is 0.387 e. The molecule has 0 aliphatic heterocycles. The van der Waals surface area contributed by atoms with Gasteiger partial charge in [-0.3, -0.25) is 14.9 Å². The molecule has 9 nitrogen and oxygen atoms in total. The Morgan fingerprint density at radius 1 is 1.10 bits per heavy atom. The highest BCUT2D eigenvalue weighted by molar-refractivity contribution is 7.89. The maximum Gasteiger partial charge on any atom is 0.387 e. The highest BCUT2D eigenvalue weighted by atomic mass is 32.2. The number of alkyl halides is 2. The number of hydrogen-bond donors (Lipinski definition) is 2. The minimum absolute atomic E-state index is 0.0204. The number of carbonyl (C=O) groups excluding carboxylic acids is 3. The molecule has 0 saturated heterocycles. The number of aryl methyl sites for hydroxylation is 1. The Labute approximate surface area is 169 Å². The highest BCUT2D eigenvalue weighted by Crippen LogP contribution is 2.16. The minimum atomic E-state index is -4.05. The molecule has 2 aromatic carbocycles. The van der Waals surface area contributed by atoms with Crippen LogP contribution in [0, 0.1) is 6.92 Å². The van der Waals surface area contributed by atoms with Gasteiger partial charge in [-0.25, -0.2) is 18.4 Å². The van der Waals surface area contributed by atoms with E-state index in [1.807, 2.05) is 5.32 Å². The van der Waals surface area contributed by atoms with Crippen molar-refractivity contribution in [2.45, 2.75) is 18.4 Å². The molecule has 2 rings (SSSR count). The van der Waals surface area contributed by atoms with Gasteiger partial charge >= 0.3 is 12.6 Å². The summed E-state index contributed by atoms with van der Waals surface area (Å²) in [7, 11) is -4.05. The van der Waals surface area contributed by atoms with Crippen molar-refractivity contribution in [1.82, 2.24) is 5.32 Å². The second kappa shape index (κ2) is 9.41. The molecule has 2 amide bonds. The Kier molecular flexibility index (Phi) is 7.19. The first-order valence-corrected chi connectivity index (χ1v) is 9.71. The van der Waals surface area contributed by atoms with Crippen LogP contribution in [0.5, 0.6) is 5.75 Å². The lowest BCUT2D eigenvalue weighted by Gasteiger charge is -2.09. The Hall–Kier alpha value is -3.38. The number of sulfonamides is 1. The van der Waals surface area contributed by atoms with Gasteiger partial charge < -0.3 is 9.47 Å². The van der Waals surface area contributed by atoms with Crippen LogP contribution in [-0.2, 0) is 19.6 Å². The molecule has 0 fully saturated rings. The van der Waals surface area contributed by atoms with Crippen molar-refractivity contribution in [2.24, 2.45) is 5.14 Å². The number of amides is 2. The topological polar surface area (TPSA) is 142 Å². The largest absolute Gasteiger partial charge is 0.452 e. The molecule has 0 aliphatic rings. The van der Waals surface area contributed by atoms with E-state index in [1.54, 1.807) is 0 Å². The van der Waals surface area contributed by atoms with E-state index in [-0.39, 0.29) is 21.8 Å². The van der Waals surface area contributed by atoms with E-state index in [2.05, 4.69) is 4.74 Å². The van der Waals surface area contributed by atoms with E-state index < -0.39 is 41.0 Å². The van der Waals surface area contributed by atoms with Gasteiger partial charge in [-0.15, -0.1) is 0 Å². The minimum Gasteiger partial charge on any atom is -0.452 e. The van der Waals surface area contributed by atoms with E-state index in [4.69, 9.17) is 9.88 Å². The summed E-state index contributed by atoms with van der Waals surface area (Å²) >= 11 is 0. The first-order chi connectivity index (χ1) is 14.0. The van der Waals surface area contributed by atoms with Crippen molar-refractivity contribution in [3.05, 3.63) is 59.2 Å². The molecule has 3 N–H and O–H groups in total. The summed E-state index contributed by atoms with van der Waals surface area (Å²) in [5.74, 6) is -2.97. The molecule has 0 unspecified atom stereocenters. The zero-order valence-electron chi connectivity index (χ0n) is 15.4. The fourth-order valence-corrected chi connectivity index (χ4v) is 2.77. The molecule has 0 spiro atoms. The first kappa shape index (κ1) is 22.9. The molecular weight excluding hydrogens is 426 g/mol. The molecule has 30 heavy (non-hydrogen) atoms. The number of benzene rings is 2. The van der Waals surface area contributed by atoms with Crippen LogP contribution in [0.2, 0.25) is 0 Å². The fraction of sp³-hybridized carbons (Fsp3) is 0.167. The summed E-state index contributed by atoms with van der Waals surface area (Å²) in [6, 6.07) is 8.13. The van der Waals surface area contributed by atoms with Crippen molar-refractivity contribution >= 4 is 27.8 Å². The number of carbonyl (C=O) groups is 3. The number of primary sulfonamides is 1. The number of rotatable bonds is 7. The van der Waals surface area contributed by atoms with Crippen molar-refractivity contribution in [1.29, 1.82) is 0 Å². The summed E-state index contributed by atoms with van der Waals surface area (Å²) in [5, 5.41) is 6.97. The molecule has 0 bridgehead atoms. The molecular formula is C18H16F2N2O7S. The van der Waals surface area contributed by atoms with E-state index in [9.17, 15) is 31.6 Å². The SMILES string of the molecule is Cc1ccc(S(N)(=O)=O)cc1C(=O)OCC(=O)NC(=O)c1ccc(OC(F)F)cc1. The van der Waals surface area contributed by atoms with Gasteiger partial charge in [0, 0.05) is 5.56 Å². The zero-order chi connectivity index (χ0) is 22.5. The Morgan fingerprint density at radius 3 is 2.30 bits per heavy atom. The van der Waals surface area contributed by atoms with Crippen LogP contribution in [-0.4, -0.2) is 39.4 Å². The predicted octanol–water partition coefficient (Wildman–Crippen LogP) is 1.36. The van der Waals surface area contributed by atoms with Gasteiger partial charge in [0.05, 0.1) is 10.5 Å². The summed E-state index contributed by atoms with van der Waals surface area (Å²) < 4.78 is 55.9. The van der Waals surface area contributed by atoms with Crippen LogP contribution in [0.4, 0.5) is 8.78 Å². The third-order valence-electron chi connectivity index (χ3n) is 3.69. The van der Waals surface area contributed by atoms with Gasteiger partial charge in [-0.05, 0) is 48.9 Å². The van der Waals surface area contributed by atoms with Gasteiger partial charge in [-0.2, -0.15) is 8.78 Å². The Morgan fingerprint density at radius 2 is 1.73 bits per heavy atom. The predicted molar refractivity (Wildman–Crippen MR) is 98.4 cm³/mol. The van der Waals surface area contributed by atoms with Gasteiger partial charge in [0.2, 0.25) is 10.0 Å². The number of halogens is 2. The van der Waals surface area contributed by atoms with Crippen molar-refractivity contribution in [3.8, 4) is 5.75 Å². The standard InChI is InChI=1S/C18H16F2N2O7S/c1-10-2-7-13(30(21,26)27)8-14(10)17(25)28-9-15(23)22-16(24)11-3-5-12(6-4-11)29-18(19)20/h2-8,18H,9H2,1H3,(H2,21,26,27)(H,22,23,24). The number of hydrogen-bond acceptors (Lipinski definition) is 7. The maximum absolute atomic E-state index is 12.1. The third-order valence-corrected chi connectivity index (χ3v) is 4.60. The molecule has 160 valence electrons. The van der Waals surface area contributed by atoms with Crippen LogP contribution in [0.3, 0.4) is 0 Å². The average molecular weight is 442 g/mol. The zero-order valence-corrected chi connectivity index (χ0v) is 16.2. The maximum atomic E-state index is 12.1. The number of ether oxygens (including phenoxy) is 2. The molecule has 0 aromatic heterocycles. The molecule has 0 saturated carbocycles. The number of esters is 1. The highest BCUT2D eigenvalue weighted by Gasteiger charge is 2.18. The first-order valence-electron chi connectivity index (χ1n) is 8.17. The lowest BCUT2D eigenvalue weighted by molar-refractivity contribution is -0.123. The monoisotopic (exact) mass is 442 g/mol. The molecule has 2 aromatic rings. The summed E-state index contributed by atoms with van der Waals surface area (Å²) in [4.78, 5) is 35.6. The molecule has 0 aliphatic carbocycles. The van der Waals surface area contributed by atoms with Crippen LogP contribution in [0.25, 0.3) is 0 Å². The van der Waals surface area contributed by atoms with Gasteiger partial charge in [0.1, 0.15) is 5.75 Å². The molecule has 0 atom stereocenters. The van der Waals surface area contributed by atoms with Crippen molar-refractivity contribution in [3.63, 3.8) is 0 Å². The number of nitrogens with two attached hydrogens (primary N) is 1. The summed E-state index contributed by atoms with van der Waals surface area (Å²) in [6.45, 7) is -2.32. The molecule has 0 heterocycles. The Bertz CT molecular complexity index is 1070. The van der Waals surface area contributed by atoms with Crippen LogP contribution in [0.1, 0.15) is 26.3 Å². The van der Waals surface area contributed by atoms with Crippen molar-refractivity contribution in [2.75, 3.05) is 6.61 Å². The number of nitrogens with one attached hydrogen (secondary N) is 1. The second-order valence-electron chi connectivity index (χ2n) is 5.88. The quantitative estimate of drug-likeness (QED) is 0.617.